The van der Waals surface area contributed by atoms with Gasteiger partial charge in [-0.05, 0) is 30.9 Å². The molecule has 0 aliphatic rings. The van der Waals surface area contributed by atoms with Gasteiger partial charge in [0.1, 0.15) is 0 Å². The molecule has 0 fully saturated rings. The number of methoxy groups -OCH3 is 1. The van der Waals surface area contributed by atoms with Gasteiger partial charge in [0, 0.05) is 20.3 Å². The summed E-state index contributed by atoms with van der Waals surface area (Å²) < 4.78 is 15.6. The maximum Gasteiger partial charge on any atom is 0.322 e. The molecule has 1 heterocycles. The Labute approximate surface area is 130 Å². The number of hydrogen-bond acceptors (Lipinski definition) is 7. The molecule has 0 bridgehead atoms. The van der Waals surface area contributed by atoms with Crippen LogP contribution < -0.4 is 10.1 Å². The van der Waals surface area contributed by atoms with Crippen LogP contribution in [0, 0.1) is 0 Å². The third-order valence-corrected chi connectivity index (χ3v) is 2.62. The van der Waals surface area contributed by atoms with E-state index in [-0.39, 0.29) is 11.3 Å². The molecule has 0 unspecified atom stereocenters. The largest absolute Gasteiger partial charge is 0.463 e. The lowest BCUT2D eigenvalue weighted by Gasteiger charge is -2.07. The van der Waals surface area contributed by atoms with Crippen molar-refractivity contribution in [2.75, 3.05) is 45.4 Å². The first kappa shape index (κ1) is 17.9. The molecule has 0 aliphatic heterocycles. The van der Waals surface area contributed by atoms with Crippen LogP contribution in [0.2, 0.25) is 5.28 Å². The predicted octanol–water partition coefficient (Wildman–Crippen LogP) is 2.17. The van der Waals surface area contributed by atoms with E-state index in [1.165, 1.54) is 0 Å². The Bertz CT molecular complexity index is 396. The number of rotatable bonds is 12. The molecule has 0 spiro atoms. The summed E-state index contributed by atoms with van der Waals surface area (Å²) in [5.41, 5.74) is 0. The Balaban J connectivity index is 2.20. The standard InChI is InChI=1S/C13H23ClN4O3/c1-3-7-21-13-17-11(14)16-12(18-13)15-6-4-5-8-20-10-9-19-2/h3-10H2,1-2H3,(H,15,16,17,18). The summed E-state index contributed by atoms with van der Waals surface area (Å²) >= 11 is 5.83. The molecular formula is C13H23ClN4O3. The van der Waals surface area contributed by atoms with Crippen LogP contribution in [0.25, 0.3) is 0 Å². The summed E-state index contributed by atoms with van der Waals surface area (Å²) in [6.45, 7) is 5.28. The van der Waals surface area contributed by atoms with Crippen molar-refractivity contribution in [1.82, 2.24) is 15.0 Å². The minimum atomic E-state index is 0.126. The van der Waals surface area contributed by atoms with E-state index in [9.17, 15) is 0 Å². The highest BCUT2D eigenvalue weighted by atomic mass is 35.5. The average molecular weight is 319 g/mol. The Morgan fingerprint density at radius 2 is 1.90 bits per heavy atom. The van der Waals surface area contributed by atoms with Gasteiger partial charge in [-0.1, -0.05) is 6.92 Å². The van der Waals surface area contributed by atoms with Gasteiger partial charge in [0.15, 0.2) is 0 Å². The first-order valence-electron chi connectivity index (χ1n) is 7.11. The minimum absolute atomic E-state index is 0.126. The van der Waals surface area contributed by atoms with E-state index in [1.54, 1.807) is 7.11 Å². The lowest BCUT2D eigenvalue weighted by atomic mass is 10.3. The molecule has 1 N–H and O–H groups in total. The summed E-state index contributed by atoms with van der Waals surface area (Å²) in [5, 5.41) is 3.22. The second-order valence-corrected chi connectivity index (χ2v) is 4.64. The molecule has 120 valence electrons. The van der Waals surface area contributed by atoms with Crippen LogP contribution in [0.4, 0.5) is 5.95 Å². The van der Waals surface area contributed by atoms with Gasteiger partial charge in [0.05, 0.1) is 19.8 Å². The number of aromatic nitrogens is 3. The summed E-state index contributed by atoms with van der Waals surface area (Å²) in [6, 6.07) is 0.252. The number of ether oxygens (including phenoxy) is 3. The van der Waals surface area contributed by atoms with E-state index in [1.807, 2.05) is 6.92 Å². The quantitative estimate of drug-likeness (QED) is 0.592. The summed E-state index contributed by atoms with van der Waals surface area (Å²) in [6.07, 6.45) is 2.78. The fourth-order valence-electron chi connectivity index (χ4n) is 1.44. The number of nitrogens with zero attached hydrogens (tertiary/aromatic N) is 3. The Morgan fingerprint density at radius 3 is 2.67 bits per heavy atom. The first-order chi connectivity index (χ1) is 10.3. The van der Waals surface area contributed by atoms with Crippen LogP contribution in [0.1, 0.15) is 26.2 Å². The van der Waals surface area contributed by atoms with Gasteiger partial charge in [-0.25, -0.2) is 0 Å². The third-order valence-electron chi connectivity index (χ3n) is 2.45. The van der Waals surface area contributed by atoms with E-state index in [0.29, 0.717) is 32.4 Å². The predicted molar refractivity (Wildman–Crippen MR) is 81.0 cm³/mol. The topological polar surface area (TPSA) is 78.4 Å². The van der Waals surface area contributed by atoms with Crippen molar-refractivity contribution in [1.29, 1.82) is 0 Å². The van der Waals surface area contributed by atoms with Gasteiger partial charge < -0.3 is 19.5 Å². The molecule has 1 aromatic heterocycles. The second-order valence-electron chi connectivity index (χ2n) is 4.30. The van der Waals surface area contributed by atoms with Crippen LogP contribution in [0.3, 0.4) is 0 Å². The zero-order valence-corrected chi connectivity index (χ0v) is 13.4. The molecule has 0 amide bonds. The molecule has 0 saturated carbocycles. The smallest absolute Gasteiger partial charge is 0.322 e. The molecule has 0 aliphatic carbocycles. The van der Waals surface area contributed by atoms with Crippen molar-refractivity contribution in [2.24, 2.45) is 0 Å². The van der Waals surface area contributed by atoms with Crippen LogP contribution in [-0.4, -0.2) is 55.0 Å². The van der Waals surface area contributed by atoms with Crippen molar-refractivity contribution in [3.05, 3.63) is 5.28 Å². The van der Waals surface area contributed by atoms with Crippen molar-refractivity contribution in [3.8, 4) is 6.01 Å². The molecule has 0 radical (unpaired) electrons. The molecule has 1 aromatic rings. The highest BCUT2D eigenvalue weighted by molar-refractivity contribution is 6.28. The van der Waals surface area contributed by atoms with Gasteiger partial charge in [0.2, 0.25) is 11.2 Å². The van der Waals surface area contributed by atoms with Crippen molar-refractivity contribution in [3.63, 3.8) is 0 Å². The Morgan fingerprint density at radius 1 is 1.05 bits per heavy atom. The molecular weight excluding hydrogens is 296 g/mol. The number of nitrogens with one attached hydrogen (secondary N) is 1. The summed E-state index contributed by atoms with van der Waals surface area (Å²) in [5.74, 6) is 0.432. The van der Waals surface area contributed by atoms with Crippen LogP contribution >= 0.6 is 11.6 Å². The Hall–Kier alpha value is -1.18. The number of halogens is 1. The van der Waals surface area contributed by atoms with Crippen LogP contribution in [-0.2, 0) is 9.47 Å². The Kier molecular flexibility index (Phi) is 9.77. The average Bonchev–Trinajstić information content (AvgIpc) is 2.47. The molecule has 8 heteroatoms. The molecule has 7 nitrogen and oxygen atoms in total. The monoisotopic (exact) mass is 318 g/mol. The fourth-order valence-corrected chi connectivity index (χ4v) is 1.59. The number of unbranched alkanes of at least 4 members (excludes halogenated alkanes) is 1. The van der Waals surface area contributed by atoms with E-state index in [0.717, 1.165) is 25.8 Å². The molecule has 0 saturated heterocycles. The number of anilines is 1. The van der Waals surface area contributed by atoms with Crippen molar-refractivity contribution >= 4 is 17.5 Å². The third kappa shape index (κ3) is 8.64. The molecule has 1 rings (SSSR count). The maximum atomic E-state index is 5.83. The fraction of sp³-hybridized carbons (Fsp3) is 0.769. The van der Waals surface area contributed by atoms with Gasteiger partial charge >= 0.3 is 6.01 Å². The second kappa shape index (κ2) is 11.5. The molecule has 0 aromatic carbocycles. The SMILES string of the molecule is CCCOc1nc(Cl)nc(NCCCCOCCOC)n1. The van der Waals surface area contributed by atoms with E-state index in [2.05, 4.69) is 20.3 Å². The highest BCUT2D eigenvalue weighted by Crippen LogP contribution is 2.11. The van der Waals surface area contributed by atoms with Gasteiger partial charge in [-0.2, -0.15) is 15.0 Å². The van der Waals surface area contributed by atoms with Gasteiger partial charge in [-0.15, -0.1) is 0 Å². The zero-order valence-electron chi connectivity index (χ0n) is 12.6. The number of hydrogen-bond donors (Lipinski definition) is 1. The van der Waals surface area contributed by atoms with E-state index < -0.39 is 0 Å². The van der Waals surface area contributed by atoms with Crippen molar-refractivity contribution < 1.29 is 14.2 Å². The molecule has 21 heavy (non-hydrogen) atoms. The summed E-state index contributed by atoms with van der Waals surface area (Å²) in [7, 11) is 1.66. The van der Waals surface area contributed by atoms with Crippen LogP contribution in [0.5, 0.6) is 6.01 Å². The maximum absolute atomic E-state index is 5.83. The van der Waals surface area contributed by atoms with Gasteiger partial charge in [0.25, 0.3) is 0 Å². The summed E-state index contributed by atoms with van der Waals surface area (Å²) in [4.78, 5) is 12.1. The van der Waals surface area contributed by atoms with E-state index in [4.69, 9.17) is 25.8 Å². The lowest BCUT2D eigenvalue weighted by molar-refractivity contribution is 0.0691. The normalized spacial score (nSPS) is 10.6. The van der Waals surface area contributed by atoms with Gasteiger partial charge in [-0.3, -0.25) is 0 Å². The van der Waals surface area contributed by atoms with Crippen molar-refractivity contribution in [2.45, 2.75) is 26.2 Å². The lowest BCUT2D eigenvalue weighted by Crippen LogP contribution is -2.10. The zero-order chi connectivity index (χ0) is 15.3. The highest BCUT2D eigenvalue weighted by Gasteiger charge is 2.05. The van der Waals surface area contributed by atoms with Crippen LogP contribution in [0.15, 0.2) is 0 Å². The van der Waals surface area contributed by atoms with E-state index >= 15 is 0 Å². The first-order valence-corrected chi connectivity index (χ1v) is 7.49. The minimum Gasteiger partial charge on any atom is -0.463 e. The molecule has 0 atom stereocenters.